The molecule has 6 heteroatoms. The first kappa shape index (κ1) is 27.6. The zero-order valence-corrected chi connectivity index (χ0v) is 23.2. The Morgan fingerprint density at radius 3 is 2.30 bits per heavy atom. The number of nitrogens with zero attached hydrogens (tertiary/aromatic N) is 3. The molecule has 0 saturated carbocycles. The molecule has 1 unspecified atom stereocenters. The highest BCUT2D eigenvalue weighted by atomic mass is 19.1. The van der Waals surface area contributed by atoms with Gasteiger partial charge in [-0.2, -0.15) is 0 Å². The Labute approximate surface area is 236 Å². The predicted octanol–water partition coefficient (Wildman–Crippen LogP) is 6.49. The van der Waals surface area contributed by atoms with Crippen LogP contribution in [0.4, 0.5) is 10.1 Å². The summed E-state index contributed by atoms with van der Waals surface area (Å²) in [7, 11) is 1.66. The van der Waals surface area contributed by atoms with E-state index in [2.05, 4.69) is 47.9 Å². The number of piperazine rings is 1. The van der Waals surface area contributed by atoms with Crippen molar-refractivity contribution in [2.45, 2.75) is 38.5 Å². The van der Waals surface area contributed by atoms with Crippen LogP contribution in [0.2, 0.25) is 0 Å². The lowest BCUT2D eigenvalue weighted by Crippen LogP contribution is -2.56. The van der Waals surface area contributed by atoms with Gasteiger partial charge in [0.2, 0.25) is 0 Å². The summed E-state index contributed by atoms with van der Waals surface area (Å²) in [6.45, 7) is 7.12. The van der Waals surface area contributed by atoms with E-state index in [1.54, 1.807) is 31.3 Å². The largest absolute Gasteiger partial charge is 0.508 e. The standard InChI is InChI=1S/C34H36FN3O2/c1-24-22-38(25(2)21-37(24)23-26-10-5-4-6-11-26)33(28-13-8-17-32(39)19-28)27-12-7-14-29(18-27)34(40)36(3)31-16-9-15-30(35)20-31/h4-20,24-25,33,39H,21-23H2,1-3H3/t24-,25+,33?/m1/s1. The minimum absolute atomic E-state index is 0.157. The normalized spacial score (nSPS) is 18.8. The quantitative estimate of drug-likeness (QED) is 0.293. The van der Waals surface area contributed by atoms with E-state index >= 15 is 0 Å². The number of carbonyl (C=O) groups excluding carboxylic acids is 1. The van der Waals surface area contributed by atoms with E-state index in [0.717, 1.165) is 30.8 Å². The SMILES string of the molecule is C[C@@H]1CN(C(c2cccc(O)c2)c2cccc(C(=O)N(C)c3cccc(F)c3)c2)[C@@H](C)CN1Cc1ccccc1. The third-order valence-corrected chi connectivity index (χ3v) is 7.86. The molecule has 40 heavy (non-hydrogen) atoms. The molecule has 5 nitrogen and oxygen atoms in total. The summed E-state index contributed by atoms with van der Waals surface area (Å²) in [4.78, 5) is 19.9. The number of benzene rings is 4. The van der Waals surface area contributed by atoms with Gasteiger partial charge in [-0.1, -0.05) is 60.7 Å². The van der Waals surface area contributed by atoms with E-state index in [1.165, 1.54) is 22.6 Å². The summed E-state index contributed by atoms with van der Waals surface area (Å²) >= 11 is 0. The Morgan fingerprint density at radius 2 is 1.57 bits per heavy atom. The number of phenols is 1. The van der Waals surface area contributed by atoms with Crippen LogP contribution in [0.3, 0.4) is 0 Å². The molecule has 1 fully saturated rings. The van der Waals surface area contributed by atoms with Gasteiger partial charge >= 0.3 is 0 Å². The van der Waals surface area contributed by atoms with Gasteiger partial charge in [0.15, 0.2) is 0 Å². The molecule has 3 atom stereocenters. The van der Waals surface area contributed by atoms with Crippen molar-refractivity contribution in [3.63, 3.8) is 0 Å². The Bertz CT molecular complexity index is 1460. The van der Waals surface area contributed by atoms with E-state index < -0.39 is 0 Å². The highest BCUT2D eigenvalue weighted by Gasteiger charge is 2.35. The fourth-order valence-corrected chi connectivity index (χ4v) is 5.73. The van der Waals surface area contributed by atoms with Crippen molar-refractivity contribution < 1.29 is 14.3 Å². The molecule has 4 aromatic rings. The lowest BCUT2D eigenvalue weighted by molar-refractivity contribution is 0.0195. The van der Waals surface area contributed by atoms with Crippen molar-refractivity contribution in [1.29, 1.82) is 0 Å². The molecule has 5 rings (SSSR count). The topological polar surface area (TPSA) is 47.0 Å². The number of rotatable bonds is 7. The summed E-state index contributed by atoms with van der Waals surface area (Å²) in [6, 6.07) is 32.0. The average molecular weight is 538 g/mol. The molecule has 0 aromatic heterocycles. The van der Waals surface area contributed by atoms with Gasteiger partial charge in [0.25, 0.3) is 5.91 Å². The van der Waals surface area contributed by atoms with Gasteiger partial charge in [-0.15, -0.1) is 0 Å². The third kappa shape index (κ3) is 6.09. The Hall–Kier alpha value is -4.00. The van der Waals surface area contributed by atoms with Crippen LogP contribution in [0.1, 0.15) is 46.9 Å². The van der Waals surface area contributed by atoms with E-state index in [9.17, 15) is 14.3 Å². The van der Waals surface area contributed by atoms with Gasteiger partial charge in [0.1, 0.15) is 11.6 Å². The van der Waals surface area contributed by atoms with Crippen LogP contribution in [0.25, 0.3) is 0 Å². The first-order valence-corrected chi connectivity index (χ1v) is 13.8. The second kappa shape index (κ2) is 12.0. The molecule has 1 saturated heterocycles. The zero-order valence-electron chi connectivity index (χ0n) is 23.2. The molecular weight excluding hydrogens is 501 g/mol. The third-order valence-electron chi connectivity index (χ3n) is 7.86. The first-order chi connectivity index (χ1) is 19.3. The lowest BCUT2D eigenvalue weighted by Gasteiger charge is -2.47. The highest BCUT2D eigenvalue weighted by Crippen LogP contribution is 2.35. The van der Waals surface area contributed by atoms with Crippen LogP contribution in [-0.2, 0) is 6.54 Å². The fraction of sp³-hybridized carbons (Fsp3) is 0.265. The average Bonchev–Trinajstić information content (AvgIpc) is 2.96. The number of carbonyl (C=O) groups is 1. The van der Waals surface area contributed by atoms with Gasteiger partial charge in [-0.05, 0) is 73.0 Å². The van der Waals surface area contributed by atoms with Gasteiger partial charge in [-0.25, -0.2) is 4.39 Å². The Kier molecular flexibility index (Phi) is 8.29. The van der Waals surface area contributed by atoms with Crippen molar-refractivity contribution in [2.75, 3.05) is 25.0 Å². The Balaban J connectivity index is 1.46. The van der Waals surface area contributed by atoms with Crippen LogP contribution >= 0.6 is 0 Å². The smallest absolute Gasteiger partial charge is 0.258 e. The fourth-order valence-electron chi connectivity index (χ4n) is 5.73. The second-order valence-corrected chi connectivity index (χ2v) is 10.8. The molecule has 0 aliphatic carbocycles. The highest BCUT2D eigenvalue weighted by molar-refractivity contribution is 6.05. The van der Waals surface area contributed by atoms with Gasteiger partial charge < -0.3 is 10.0 Å². The van der Waals surface area contributed by atoms with Crippen LogP contribution in [0.5, 0.6) is 5.75 Å². The maximum absolute atomic E-state index is 13.8. The molecule has 1 heterocycles. The summed E-state index contributed by atoms with van der Waals surface area (Å²) in [5, 5.41) is 10.4. The maximum Gasteiger partial charge on any atom is 0.258 e. The predicted molar refractivity (Wildman–Crippen MR) is 158 cm³/mol. The van der Waals surface area contributed by atoms with Gasteiger partial charge in [-0.3, -0.25) is 14.6 Å². The minimum atomic E-state index is -0.385. The van der Waals surface area contributed by atoms with Crippen LogP contribution in [0, 0.1) is 5.82 Å². The summed E-state index contributed by atoms with van der Waals surface area (Å²) in [6.07, 6.45) is 0. The van der Waals surface area contributed by atoms with Crippen molar-refractivity contribution in [1.82, 2.24) is 9.80 Å². The number of aromatic hydroxyl groups is 1. The molecular formula is C34H36FN3O2. The van der Waals surface area contributed by atoms with E-state index in [-0.39, 0.29) is 29.6 Å². The molecule has 0 spiro atoms. The minimum Gasteiger partial charge on any atom is -0.508 e. The van der Waals surface area contributed by atoms with Crippen molar-refractivity contribution >= 4 is 11.6 Å². The summed E-state index contributed by atoms with van der Waals surface area (Å²) in [5.41, 5.74) is 4.27. The van der Waals surface area contributed by atoms with Crippen molar-refractivity contribution in [3.05, 3.63) is 131 Å². The lowest BCUT2D eigenvalue weighted by atomic mass is 9.92. The van der Waals surface area contributed by atoms with Crippen molar-refractivity contribution in [2.24, 2.45) is 0 Å². The summed E-state index contributed by atoms with van der Waals surface area (Å²) < 4.78 is 13.8. The number of phenolic OH excluding ortho intramolecular Hbond substituents is 1. The molecule has 1 aliphatic rings. The van der Waals surface area contributed by atoms with Crippen LogP contribution < -0.4 is 4.90 Å². The molecule has 1 aliphatic heterocycles. The number of amides is 1. The van der Waals surface area contributed by atoms with Gasteiger partial charge in [0, 0.05) is 50.0 Å². The maximum atomic E-state index is 13.8. The molecule has 0 bridgehead atoms. The number of halogens is 1. The van der Waals surface area contributed by atoms with Crippen LogP contribution in [-0.4, -0.2) is 53.0 Å². The number of hydrogen-bond acceptors (Lipinski definition) is 4. The van der Waals surface area contributed by atoms with E-state index in [4.69, 9.17) is 0 Å². The van der Waals surface area contributed by atoms with Gasteiger partial charge in [0.05, 0.1) is 6.04 Å². The summed E-state index contributed by atoms with van der Waals surface area (Å²) in [5.74, 6) is -0.385. The molecule has 0 radical (unpaired) electrons. The second-order valence-electron chi connectivity index (χ2n) is 10.8. The molecule has 4 aromatic carbocycles. The Morgan fingerprint density at radius 1 is 0.875 bits per heavy atom. The number of anilines is 1. The number of hydrogen-bond donors (Lipinski definition) is 1. The molecule has 1 amide bonds. The van der Waals surface area contributed by atoms with Crippen molar-refractivity contribution in [3.8, 4) is 5.75 Å². The van der Waals surface area contributed by atoms with E-state index in [1.807, 2.05) is 42.5 Å². The zero-order chi connectivity index (χ0) is 28.2. The molecule has 206 valence electrons. The molecule has 1 N–H and O–H groups in total. The van der Waals surface area contributed by atoms with Crippen LogP contribution in [0.15, 0.2) is 103 Å². The monoisotopic (exact) mass is 537 g/mol. The van der Waals surface area contributed by atoms with E-state index in [0.29, 0.717) is 17.3 Å². The first-order valence-electron chi connectivity index (χ1n) is 13.8.